The molecule has 0 unspecified atom stereocenters. The quantitative estimate of drug-likeness (QED) is 0.810. The molecule has 1 aromatic heterocycles. The Labute approximate surface area is 119 Å². The molecule has 0 aliphatic carbocycles. The Balaban J connectivity index is 1.81. The number of nitrogens with one attached hydrogen (secondary N) is 1. The van der Waals surface area contributed by atoms with E-state index in [1.54, 1.807) is 23.1 Å². The predicted molar refractivity (Wildman–Crippen MR) is 80.8 cm³/mol. The lowest BCUT2D eigenvalue weighted by atomic mass is 10.2. The molecule has 0 amide bonds. The summed E-state index contributed by atoms with van der Waals surface area (Å²) in [6, 6.07) is 13.0. The Hall–Kier alpha value is -0.290. The molecule has 90 valence electrons. The van der Waals surface area contributed by atoms with Crippen LogP contribution in [0.25, 0.3) is 0 Å². The minimum atomic E-state index is 0.921. The Bertz CT molecular complexity index is 465. The number of rotatable bonds is 5. The zero-order chi connectivity index (χ0) is 12.1. The summed E-state index contributed by atoms with van der Waals surface area (Å²) in [6.07, 6.45) is 2.10. The van der Waals surface area contributed by atoms with Gasteiger partial charge in [-0.05, 0) is 52.0 Å². The van der Waals surface area contributed by atoms with E-state index in [4.69, 9.17) is 0 Å². The predicted octanol–water partition coefficient (Wildman–Crippen LogP) is 4.52. The summed E-state index contributed by atoms with van der Waals surface area (Å²) in [6.45, 7) is 1.85. The van der Waals surface area contributed by atoms with Crippen molar-refractivity contribution in [3.63, 3.8) is 0 Å². The normalized spacial score (nSPS) is 10.7. The molecule has 1 aromatic carbocycles. The highest BCUT2D eigenvalue weighted by Crippen LogP contribution is 2.21. The van der Waals surface area contributed by atoms with Crippen LogP contribution < -0.4 is 5.32 Å². The number of thioether (sulfide) groups is 1. The van der Waals surface area contributed by atoms with Crippen LogP contribution in [0.15, 0.2) is 45.1 Å². The van der Waals surface area contributed by atoms with Crippen molar-refractivity contribution in [1.29, 1.82) is 0 Å². The summed E-state index contributed by atoms with van der Waals surface area (Å²) in [5, 5.41) is 3.45. The zero-order valence-electron chi connectivity index (χ0n) is 9.57. The summed E-state index contributed by atoms with van der Waals surface area (Å²) in [7, 11) is 0. The van der Waals surface area contributed by atoms with Crippen LogP contribution in [0.4, 0.5) is 0 Å². The number of hydrogen-bond acceptors (Lipinski definition) is 3. The van der Waals surface area contributed by atoms with Crippen LogP contribution in [0.3, 0.4) is 0 Å². The molecule has 0 fully saturated rings. The molecule has 17 heavy (non-hydrogen) atoms. The molecule has 0 aliphatic rings. The highest BCUT2D eigenvalue weighted by atomic mass is 79.9. The van der Waals surface area contributed by atoms with Crippen molar-refractivity contribution in [3.8, 4) is 0 Å². The van der Waals surface area contributed by atoms with Gasteiger partial charge in [0.2, 0.25) is 0 Å². The lowest BCUT2D eigenvalue weighted by molar-refractivity contribution is 0.700. The molecule has 4 heteroatoms. The van der Waals surface area contributed by atoms with Crippen molar-refractivity contribution < 1.29 is 0 Å². The fourth-order valence-electron chi connectivity index (χ4n) is 1.52. The Kier molecular flexibility index (Phi) is 5.10. The molecule has 1 N–H and O–H groups in total. The van der Waals surface area contributed by atoms with Gasteiger partial charge in [-0.15, -0.1) is 23.1 Å². The largest absolute Gasteiger partial charge is 0.308 e. The summed E-state index contributed by atoms with van der Waals surface area (Å²) in [5.74, 6) is 0. The zero-order valence-corrected chi connectivity index (χ0v) is 12.8. The van der Waals surface area contributed by atoms with Crippen molar-refractivity contribution >= 4 is 39.0 Å². The minimum Gasteiger partial charge on any atom is -0.308 e. The van der Waals surface area contributed by atoms with Crippen molar-refractivity contribution in [2.75, 3.05) is 6.26 Å². The highest BCUT2D eigenvalue weighted by Gasteiger charge is 1.98. The highest BCUT2D eigenvalue weighted by molar-refractivity contribution is 9.11. The van der Waals surface area contributed by atoms with Gasteiger partial charge in [-0.3, -0.25) is 0 Å². The van der Waals surface area contributed by atoms with Gasteiger partial charge in [-0.2, -0.15) is 0 Å². The van der Waals surface area contributed by atoms with Crippen LogP contribution in [0, 0.1) is 0 Å². The summed E-state index contributed by atoms with van der Waals surface area (Å²) in [5.41, 5.74) is 1.33. The van der Waals surface area contributed by atoms with Crippen LogP contribution in [0.5, 0.6) is 0 Å². The first-order chi connectivity index (χ1) is 8.28. The van der Waals surface area contributed by atoms with Crippen LogP contribution in [-0.4, -0.2) is 6.26 Å². The summed E-state index contributed by atoms with van der Waals surface area (Å²) < 4.78 is 1.19. The van der Waals surface area contributed by atoms with Crippen molar-refractivity contribution in [2.45, 2.75) is 18.0 Å². The number of hydrogen-bond donors (Lipinski definition) is 1. The molecule has 0 saturated carbocycles. The van der Waals surface area contributed by atoms with Crippen molar-refractivity contribution in [2.24, 2.45) is 0 Å². The lowest BCUT2D eigenvalue weighted by Gasteiger charge is -2.04. The van der Waals surface area contributed by atoms with Crippen molar-refractivity contribution in [1.82, 2.24) is 5.32 Å². The molecule has 0 radical (unpaired) electrons. The average Bonchev–Trinajstić information content (AvgIpc) is 2.76. The van der Waals surface area contributed by atoms with Crippen LogP contribution >= 0.6 is 39.0 Å². The monoisotopic (exact) mass is 327 g/mol. The topological polar surface area (TPSA) is 12.0 Å². The van der Waals surface area contributed by atoms with Gasteiger partial charge in [0.1, 0.15) is 0 Å². The molecule has 2 aromatic rings. The fourth-order valence-corrected chi connectivity index (χ4v) is 3.38. The lowest BCUT2D eigenvalue weighted by Crippen LogP contribution is -2.11. The Morgan fingerprint density at radius 1 is 1.12 bits per heavy atom. The molecule has 0 aliphatic heterocycles. The fraction of sp³-hybridized carbons (Fsp3) is 0.231. The third-order valence-corrected chi connectivity index (χ3v) is 4.78. The maximum Gasteiger partial charge on any atom is 0.0701 e. The van der Waals surface area contributed by atoms with E-state index in [2.05, 4.69) is 63.9 Å². The van der Waals surface area contributed by atoms with Crippen molar-refractivity contribution in [3.05, 3.63) is 50.6 Å². The van der Waals surface area contributed by atoms with Crippen LogP contribution in [0.2, 0.25) is 0 Å². The summed E-state index contributed by atoms with van der Waals surface area (Å²) >= 11 is 7.03. The molecule has 0 atom stereocenters. The number of halogens is 1. The van der Waals surface area contributed by atoms with Gasteiger partial charge < -0.3 is 5.32 Å². The average molecular weight is 328 g/mol. The van der Waals surface area contributed by atoms with Gasteiger partial charge in [0.25, 0.3) is 0 Å². The van der Waals surface area contributed by atoms with Crippen LogP contribution in [-0.2, 0) is 13.1 Å². The first-order valence-electron chi connectivity index (χ1n) is 5.36. The van der Waals surface area contributed by atoms with E-state index in [-0.39, 0.29) is 0 Å². The van der Waals surface area contributed by atoms with Gasteiger partial charge in [0.15, 0.2) is 0 Å². The Morgan fingerprint density at radius 2 is 1.88 bits per heavy atom. The van der Waals surface area contributed by atoms with Gasteiger partial charge in [0.05, 0.1) is 3.79 Å². The number of benzene rings is 1. The molecular weight excluding hydrogens is 314 g/mol. The van der Waals surface area contributed by atoms with Crippen LogP contribution in [0.1, 0.15) is 10.4 Å². The first-order valence-corrected chi connectivity index (χ1v) is 8.19. The van der Waals surface area contributed by atoms with E-state index >= 15 is 0 Å². The van der Waals surface area contributed by atoms with E-state index in [1.165, 1.54) is 19.1 Å². The van der Waals surface area contributed by atoms with E-state index in [0.717, 1.165) is 13.1 Å². The third kappa shape index (κ3) is 4.14. The number of thiophene rings is 1. The third-order valence-electron chi connectivity index (χ3n) is 2.42. The maximum absolute atomic E-state index is 3.47. The molecule has 2 rings (SSSR count). The Morgan fingerprint density at radius 3 is 2.47 bits per heavy atom. The second-order valence-electron chi connectivity index (χ2n) is 3.66. The molecule has 0 spiro atoms. The standard InChI is InChI=1S/C13H14BrNS2/c1-16-11-4-2-10(3-5-11)8-15-9-12-6-7-13(14)17-12/h2-7,15H,8-9H2,1H3. The second kappa shape index (κ2) is 6.59. The maximum atomic E-state index is 3.47. The molecule has 0 bridgehead atoms. The smallest absolute Gasteiger partial charge is 0.0701 e. The SMILES string of the molecule is CSc1ccc(CNCc2ccc(Br)s2)cc1. The molecular formula is C13H14BrNS2. The molecule has 1 nitrogen and oxygen atoms in total. The first kappa shape index (κ1) is 13.1. The summed E-state index contributed by atoms with van der Waals surface area (Å²) in [4.78, 5) is 2.67. The second-order valence-corrected chi connectivity index (χ2v) is 7.08. The van der Waals surface area contributed by atoms with E-state index < -0.39 is 0 Å². The minimum absolute atomic E-state index is 0.921. The molecule has 0 saturated heterocycles. The van der Waals surface area contributed by atoms with Gasteiger partial charge >= 0.3 is 0 Å². The van der Waals surface area contributed by atoms with Gasteiger partial charge in [0, 0.05) is 22.9 Å². The van der Waals surface area contributed by atoms with E-state index in [1.807, 2.05) is 0 Å². The van der Waals surface area contributed by atoms with E-state index in [0.29, 0.717) is 0 Å². The molecule has 1 heterocycles. The van der Waals surface area contributed by atoms with Gasteiger partial charge in [-0.1, -0.05) is 12.1 Å². The van der Waals surface area contributed by atoms with E-state index in [9.17, 15) is 0 Å². The van der Waals surface area contributed by atoms with Gasteiger partial charge in [-0.25, -0.2) is 0 Å².